The van der Waals surface area contributed by atoms with Gasteiger partial charge in [-0.25, -0.2) is 0 Å². The Bertz CT molecular complexity index is 1830. The monoisotopic (exact) mass is 612 g/mol. The van der Waals surface area contributed by atoms with Gasteiger partial charge in [-0.1, -0.05) is 0 Å². The van der Waals surface area contributed by atoms with Crippen LogP contribution in [-0.2, 0) is 38.5 Å². The molecule has 3 aromatic carbocycles. The fourth-order valence-corrected chi connectivity index (χ4v) is 17.4. The van der Waals surface area contributed by atoms with Gasteiger partial charge in [-0.05, 0) is 0 Å². The van der Waals surface area contributed by atoms with Crippen LogP contribution in [0.4, 0.5) is 0 Å². The van der Waals surface area contributed by atoms with Crippen molar-refractivity contribution >= 4 is 14.9 Å². The number of fused-ring (bicyclic) bond motifs is 5. The zero-order valence-corrected chi connectivity index (χ0v) is 28.7. The fourth-order valence-electron chi connectivity index (χ4n) is 8.53. The Kier molecular flexibility index (Phi) is 6.10. The van der Waals surface area contributed by atoms with E-state index in [1.54, 1.807) is 23.3 Å². The quantitative estimate of drug-likeness (QED) is 0.216. The zero-order chi connectivity index (χ0) is 29.0. The van der Waals surface area contributed by atoms with Crippen molar-refractivity contribution in [1.29, 1.82) is 0 Å². The van der Waals surface area contributed by atoms with Gasteiger partial charge in [0.05, 0.1) is 0 Å². The molecule has 0 bridgehead atoms. The first-order valence-corrected chi connectivity index (χ1v) is 19.2. The molecule has 0 heterocycles. The van der Waals surface area contributed by atoms with Gasteiger partial charge in [-0.3, -0.25) is 0 Å². The minimum atomic E-state index is -2.43. The van der Waals surface area contributed by atoms with E-state index < -0.39 is 21.3 Å². The molecule has 4 aliphatic rings. The molecular weight excluding hydrogens is 572 g/mol. The normalized spacial score (nSPS) is 21.6. The summed E-state index contributed by atoms with van der Waals surface area (Å²) in [5, 5.41) is 0. The second-order valence-corrected chi connectivity index (χ2v) is 19.4. The third-order valence-electron chi connectivity index (χ3n) is 10.6. The summed E-state index contributed by atoms with van der Waals surface area (Å²) in [6, 6.07) is 21.4. The number of hydrogen-bond acceptors (Lipinski definition) is 0. The number of rotatable bonds is 3. The predicted molar refractivity (Wildman–Crippen MR) is 174 cm³/mol. The molecule has 0 saturated carbocycles. The van der Waals surface area contributed by atoms with Crippen LogP contribution >= 0.6 is 0 Å². The zero-order valence-electron chi connectivity index (χ0n) is 26.2. The van der Waals surface area contributed by atoms with Crippen molar-refractivity contribution in [2.24, 2.45) is 5.92 Å². The van der Waals surface area contributed by atoms with Crippen LogP contribution in [0, 0.1) is 5.92 Å². The number of hydrogen-bond donors (Lipinski definition) is 0. The number of allylic oxidation sites excluding steroid dienone is 8. The first-order valence-electron chi connectivity index (χ1n) is 15.3. The average Bonchev–Trinajstić information content (AvgIpc) is 3.53. The van der Waals surface area contributed by atoms with Crippen LogP contribution in [0.25, 0.3) is 22.3 Å². The second kappa shape index (κ2) is 9.18. The third-order valence-corrected chi connectivity index (χ3v) is 19.3. The first-order chi connectivity index (χ1) is 19.4. The standard InChI is InChI=1S/C25H25.C8H11.C7H6.Zr/c1-14-12-24(3,4)22-8-16-7-17-9-23-19(15(2)13-25(23,5)6)11-21(17)20(16)10-18(14)22;1-6-4-7(2)8(3)5-6;1-7-5-3-2-4-6-7;/h8-12H,7H2,1-6H3;4,6H,1-3H3;1-6H;. The minimum absolute atomic E-state index is 0.0375. The molecule has 0 radical (unpaired) electrons. The van der Waals surface area contributed by atoms with E-state index in [2.05, 4.69) is 133 Å². The van der Waals surface area contributed by atoms with Crippen LogP contribution in [-0.4, -0.2) is 3.71 Å². The summed E-state index contributed by atoms with van der Waals surface area (Å²) >= 11 is -2.43. The van der Waals surface area contributed by atoms with E-state index in [0.717, 1.165) is 6.42 Å². The van der Waals surface area contributed by atoms with Crippen LogP contribution in [0.15, 0.2) is 84.5 Å². The van der Waals surface area contributed by atoms with Gasteiger partial charge in [-0.2, -0.15) is 0 Å². The van der Waals surface area contributed by atoms with Gasteiger partial charge in [0.1, 0.15) is 0 Å². The van der Waals surface area contributed by atoms with Crippen LogP contribution in [0.2, 0.25) is 0 Å². The molecule has 0 nitrogen and oxygen atoms in total. The second-order valence-electron chi connectivity index (χ2n) is 14.1. The molecule has 0 saturated heterocycles. The molecule has 1 heteroatoms. The molecule has 206 valence electrons. The summed E-state index contributed by atoms with van der Waals surface area (Å²) in [6.07, 6.45) is 6.01. The molecule has 1 atom stereocenters. The molecule has 0 N–H and O–H groups in total. The van der Waals surface area contributed by atoms with E-state index in [1.807, 2.05) is 0 Å². The summed E-state index contributed by atoms with van der Waals surface area (Å²) in [6.45, 7) is 21.6. The molecular formula is C40H42Zr. The molecule has 0 aromatic heterocycles. The molecule has 7 rings (SSSR count). The predicted octanol–water partition coefficient (Wildman–Crippen LogP) is 10.3. The molecule has 0 aliphatic heterocycles. The Morgan fingerprint density at radius 1 is 0.732 bits per heavy atom. The average molecular weight is 614 g/mol. The maximum atomic E-state index is 2.74. The van der Waals surface area contributed by atoms with E-state index in [4.69, 9.17) is 0 Å². The maximum absolute atomic E-state index is 2.74. The summed E-state index contributed by atoms with van der Waals surface area (Å²) < 4.78 is 6.27. The van der Waals surface area contributed by atoms with E-state index in [-0.39, 0.29) is 10.8 Å². The van der Waals surface area contributed by atoms with Crippen molar-refractivity contribution < 1.29 is 21.3 Å². The first kappa shape index (κ1) is 27.2. The fraction of sp³-hybridized carbons (Fsp3) is 0.325. The van der Waals surface area contributed by atoms with Crippen LogP contribution in [0.1, 0.15) is 101 Å². The SMILES string of the molecule is CC1=CC(C)[C]([Zr](=[CH]c2ccccc2)[C]2=C(C)c3cc4c(cc3C2(C)C)Cc2cc3c(cc2-4)C(C)=CC3(C)C)=C1C. The van der Waals surface area contributed by atoms with E-state index >= 15 is 0 Å². The Morgan fingerprint density at radius 3 is 2.00 bits per heavy atom. The van der Waals surface area contributed by atoms with Gasteiger partial charge in [0.25, 0.3) is 0 Å². The van der Waals surface area contributed by atoms with Crippen molar-refractivity contribution in [3.8, 4) is 11.1 Å². The van der Waals surface area contributed by atoms with E-state index in [9.17, 15) is 0 Å². The summed E-state index contributed by atoms with van der Waals surface area (Å²) in [5.74, 6) is 0.531. The van der Waals surface area contributed by atoms with Crippen molar-refractivity contribution in [2.75, 3.05) is 0 Å². The molecule has 0 fully saturated rings. The molecule has 41 heavy (non-hydrogen) atoms. The molecule has 0 spiro atoms. The Morgan fingerprint density at radius 2 is 1.37 bits per heavy atom. The van der Waals surface area contributed by atoms with Gasteiger partial charge < -0.3 is 0 Å². The van der Waals surface area contributed by atoms with Gasteiger partial charge in [0.15, 0.2) is 0 Å². The number of benzene rings is 3. The molecule has 1 unspecified atom stereocenters. The van der Waals surface area contributed by atoms with Gasteiger partial charge in [0, 0.05) is 0 Å². The Hall–Kier alpha value is -2.63. The van der Waals surface area contributed by atoms with Crippen LogP contribution in [0.5, 0.6) is 0 Å². The Balaban J connectivity index is 1.42. The van der Waals surface area contributed by atoms with Crippen molar-refractivity contribution in [2.45, 2.75) is 79.6 Å². The van der Waals surface area contributed by atoms with Crippen molar-refractivity contribution in [3.63, 3.8) is 0 Å². The third kappa shape index (κ3) is 3.98. The van der Waals surface area contributed by atoms with Crippen molar-refractivity contribution in [3.05, 3.63) is 123 Å². The van der Waals surface area contributed by atoms with Gasteiger partial charge in [-0.15, -0.1) is 0 Å². The Labute approximate surface area is 254 Å². The molecule has 3 aromatic rings. The van der Waals surface area contributed by atoms with Crippen molar-refractivity contribution in [1.82, 2.24) is 0 Å². The van der Waals surface area contributed by atoms with Gasteiger partial charge in [0.2, 0.25) is 0 Å². The summed E-state index contributed by atoms with van der Waals surface area (Å²) in [4.78, 5) is 0. The van der Waals surface area contributed by atoms with Crippen LogP contribution < -0.4 is 0 Å². The van der Waals surface area contributed by atoms with E-state index in [0.29, 0.717) is 5.92 Å². The molecule has 0 amide bonds. The van der Waals surface area contributed by atoms with Crippen LogP contribution in [0.3, 0.4) is 0 Å². The molecule has 4 aliphatic carbocycles. The summed E-state index contributed by atoms with van der Waals surface area (Å²) in [5.41, 5.74) is 19.5. The summed E-state index contributed by atoms with van der Waals surface area (Å²) in [7, 11) is 0. The van der Waals surface area contributed by atoms with E-state index in [1.165, 1.54) is 55.7 Å². The van der Waals surface area contributed by atoms with Gasteiger partial charge >= 0.3 is 256 Å². The topological polar surface area (TPSA) is 0 Å².